The van der Waals surface area contributed by atoms with Crippen molar-refractivity contribution in [2.75, 3.05) is 6.61 Å². The van der Waals surface area contributed by atoms with Gasteiger partial charge in [0.05, 0.1) is 6.61 Å². The Morgan fingerprint density at radius 1 is 1.47 bits per heavy atom. The van der Waals surface area contributed by atoms with Gasteiger partial charge < -0.3 is 9.84 Å². The second-order valence-electron chi connectivity index (χ2n) is 3.54. The highest BCUT2D eigenvalue weighted by Crippen LogP contribution is 2.05. The van der Waals surface area contributed by atoms with Crippen LogP contribution in [-0.2, 0) is 16.1 Å². The summed E-state index contributed by atoms with van der Waals surface area (Å²) in [6.45, 7) is 3.09. The molecule has 1 rings (SSSR count). The number of carbonyl (C=O) groups is 1. The molecule has 0 amide bonds. The van der Waals surface area contributed by atoms with Crippen molar-refractivity contribution in [3.8, 4) is 0 Å². The Balaban J connectivity index is 2.17. The molecule has 0 atom stereocenters. The first kappa shape index (κ1) is 11.7. The normalized spacial score (nSPS) is 10.2. The van der Waals surface area contributed by atoms with Crippen LogP contribution in [0.1, 0.15) is 24.0 Å². The van der Waals surface area contributed by atoms with Crippen LogP contribution < -0.4 is 0 Å². The van der Waals surface area contributed by atoms with E-state index >= 15 is 0 Å². The van der Waals surface area contributed by atoms with Crippen LogP contribution in [-0.4, -0.2) is 17.7 Å². The summed E-state index contributed by atoms with van der Waals surface area (Å²) in [4.78, 5) is 10.2. The average Bonchev–Trinajstić information content (AvgIpc) is 2.17. The number of rotatable bonds is 6. The van der Waals surface area contributed by atoms with E-state index in [2.05, 4.69) is 6.07 Å². The molecule has 3 nitrogen and oxygen atoms in total. The average molecular weight is 208 g/mol. The zero-order valence-electron chi connectivity index (χ0n) is 8.90. The SMILES string of the molecule is Cc1cccc(COCCCC(=O)O)c1. The van der Waals surface area contributed by atoms with Gasteiger partial charge in [-0.1, -0.05) is 29.8 Å². The first-order chi connectivity index (χ1) is 7.18. The lowest BCUT2D eigenvalue weighted by Gasteiger charge is -2.04. The molecule has 1 aromatic rings. The van der Waals surface area contributed by atoms with E-state index < -0.39 is 5.97 Å². The summed E-state index contributed by atoms with van der Waals surface area (Å²) in [6.07, 6.45) is 0.745. The van der Waals surface area contributed by atoms with Crippen LogP contribution in [0.3, 0.4) is 0 Å². The molecule has 0 aliphatic rings. The third-order valence-corrected chi connectivity index (χ3v) is 2.03. The Bertz CT molecular complexity index is 320. The van der Waals surface area contributed by atoms with Gasteiger partial charge in [-0.15, -0.1) is 0 Å². The summed E-state index contributed by atoms with van der Waals surface area (Å²) in [6, 6.07) is 8.10. The molecule has 15 heavy (non-hydrogen) atoms. The van der Waals surface area contributed by atoms with Crippen LogP contribution in [0.5, 0.6) is 0 Å². The van der Waals surface area contributed by atoms with E-state index in [1.807, 2.05) is 25.1 Å². The van der Waals surface area contributed by atoms with Gasteiger partial charge in [0.2, 0.25) is 0 Å². The minimum absolute atomic E-state index is 0.174. The molecule has 0 aliphatic carbocycles. The summed E-state index contributed by atoms with van der Waals surface area (Å²) in [5.41, 5.74) is 2.34. The van der Waals surface area contributed by atoms with Gasteiger partial charge >= 0.3 is 5.97 Å². The van der Waals surface area contributed by atoms with E-state index in [1.165, 1.54) is 5.56 Å². The van der Waals surface area contributed by atoms with Gasteiger partial charge in [-0.25, -0.2) is 0 Å². The topological polar surface area (TPSA) is 46.5 Å². The predicted molar refractivity (Wildman–Crippen MR) is 57.7 cm³/mol. The molecule has 0 heterocycles. The second-order valence-corrected chi connectivity index (χ2v) is 3.54. The van der Waals surface area contributed by atoms with Gasteiger partial charge in [-0.3, -0.25) is 4.79 Å². The number of ether oxygens (including phenoxy) is 1. The monoisotopic (exact) mass is 208 g/mol. The maximum atomic E-state index is 10.2. The molecule has 82 valence electrons. The highest BCUT2D eigenvalue weighted by molar-refractivity contribution is 5.66. The summed E-state index contributed by atoms with van der Waals surface area (Å²) < 4.78 is 5.36. The van der Waals surface area contributed by atoms with Crippen molar-refractivity contribution >= 4 is 5.97 Å². The van der Waals surface area contributed by atoms with Crippen LogP contribution in [0.4, 0.5) is 0 Å². The van der Waals surface area contributed by atoms with Crippen molar-refractivity contribution in [3.05, 3.63) is 35.4 Å². The van der Waals surface area contributed by atoms with E-state index in [1.54, 1.807) is 0 Å². The molecule has 0 aromatic heterocycles. The highest BCUT2D eigenvalue weighted by Gasteiger charge is 1.97. The fourth-order valence-corrected chi connectivity index (χ4v) is 1.32. The van der Waals surface area contributed by atoms with Crippen LogP contribution >= 0.6 is 0 Å². The lowest BCUT2D eigenvalue weighted by atomic mass is 10.1. The molecular weight excluding hydrogens is 192 g/mol. The van der Waals surface area contributed by atoms with E-state index in [4.69, 9.17) is 9.84 Å². The van der Waals surface area contributed by atoms with Gasteiger partial charge in [-0.2, -0.15) is 0 Å². The fourth-order valence-electron chi connectivity index (χ4n) is 1.32. The summed E-state index contributed by atoms with van der Waals surface area (Å²) in [5, 5.41) is 8.41. The molecule has 0 radical (unpaired) electrons. The predicted octanol–water partition coefficient (Wildman–Crippen LogP) is 2.38. The van der Waals surface area contributed by atoms with Crippen molar-refractivity contribution in [1.29, 1.82) is 0 Å². The highest BCUT2D eigenvalue weighted by atomic mass is 16.5. The van der Waals surface area contributed by atoms with Gasteiger partial charge in [0.1, 0.15) is 0 Å². The molecule has 0 saturated heterocycles. The summed E-state index contributed by atoms with van der Waals surface area (Å²) in [7, 11) is 0. The van der Waals surface area contributed by atoms with Gasteiger partial charge in [0.25, 0.3) is 0 Å². The van der Waals surface area contributed by atoms with E-state index in [0.717, 1.165) is 5.56 Å². The van der Waals surface area contributed by atoms with Crippen molar-refractivity contribution in [1.82, 2.24) is 0 Å². The number of hydrogen-bond donors (Lipinski definition) is 1. The van der Waals surface area contributed by atoms with Crippen LogP contribution in [0, 0.1) is 6.92 Å². The molecule has 0 unspecified atom stereocenters. The standard InChI is InChI=1S/C12H16O3/c1-10-4-2-5-11(8-10)9-15-7-3-6-12(13)14/h2,4-5,8H,3,6-7,9H2,1H3,(H,13,14). The first-order valence-electron chi connectivity index (χ1n) is 5.03. The molecule has 0 saturated carbocycles. The largest absolute Gasteiger partial charge is 0.481 e. The minimum atomic E-state index is -0.769. The molecule has 3 heteroatoms. The van der Waals surface area contributed by atoms with Crippen molar-refractivity contribution in [2.45, 2.75) is 26.4 Å². The number of hydrogen-bond acceptors (Lipinski definition) is 2. The van der Waals surface area contributed by atoms with Crippen molar-refractivity contribution in [2.24, 2.45) is 0 Å². The number of aryl methyl sites for hydroxylation is 1. The molecule has 0 fully saturated rings. The number of carboxylic acids is 1. The second kappa shape index (κ2) is 6.19. The van der Waals surface area contributed by atoms with E-state index in [9.17, 15) is 4.79 Å². The molecule has 0 bridgehead atoms. The fraction of sp³-hybridized carbons (Fsp3) is 0.417. The van der Waals surface area contributed by atoms with E-state index in [0.29, 0.717) is 19.6 Å². The zero-order chi connectivity index (χ0) is 11.1. The molecule has 1 N–H and O–H groups in total. The minimum Gasteiger partial charge on any atom is -0.481 e. The van der Waals surface area contributed by atoms with Crippen molar-refractivity contribution < 1.29 is 14.6 Å². The van der Waals surface area contributed by atoms with Crippen LogP contribution in [0.15, 0.2) is 24.3 Å². The lowest BCUT2D eigenvalue weighted by Crippen LogP contribution is -2.00. The maximum Gasteiger partial charge on any atom is 0.303 e. The maximum absolute atomic E-state index is 10.2. The Morgan fingerprint density at radius 3 is 2.93 bits per heavy atom. The van der Waals surface area contributed by atoms with Gasteiger partial charge in [-0.05, 0) is 18.9 Å². The van der Waals surface area contributed by atoms with E-state index in [-0.39, 0.29) is 6.42 Å². The molecular formula is C12H16O3. The third kappa shape index (κ3) is 5.18. The van der Waals surface area contributed by atoms with Crippen LogP contribution in [0.25, 0.3) is 0 Å². The number of carboxylic acid groups (broad SMARTS) is 1. The number of aliphatic carboxylic acids is 1. The Labute approximate surface area is 89.7 Å². The lowest BCUT2D eigenvalue weighted by molar-refractivity contribution is -0.137. The quantitative estimate of drug-likeness (QED) is 0.730. The van der Waals surface area contributed by atoms with Crippen LogP contribution in [0.2, 0.25) is 0 Å². The van der Waals surface area contributed by atoms with Gasteiger partial charge in [0, 0.05) is 13.0 Å². The Morgan fingerprint density at radius 2 is 2.27 bits per heavy atom. The Hall–Kier alpha value is -1.35. The number of benzene rings is 1. The molecule has 0 spiro atoms. The molecule has 1 aromatic carbocycles. The Kier molecular flexibility index (Phi) is 4.84. The zero-order valence-corrected chi connectivity index (χ0v) is 8.90. The summed E-state index contributed by atoms with van der Waals surface area (Å²) >= 11 is 0. The summed E-state index contributed by atoms with van der Waals surface area (Å²) in [5.74, 6) is -0.769. The van der Waals surface area contributed by atoms with Crippen molar-refractivity contribution in [3.63, 3.8) is 0 Å². The first-order valence-corrected chi connectivity index (χ1v) is 5.03. The third-order valence-electron chi connectivity index (χ3n) is 2.03. The smallest absolute Gasteiger partial charge is 0.303 e. The van der Waals surface area contributed by atoms with Gasteiger partial charge in [0.15, 0.2) is 0 Å². The molecule has 0 aliphatic heterocycles.